The summed E-state index contributed by atoms with van der Waals surface area (Å²) < 4.78 is 47.4. The minimum Gasteiger partial charge on any atom is -0.408 e. The largest absolute Gasteiger partial charge is 0.573 e. The van der Waals surface area contributed by atoms with E-state index >= 15 is 0 Å². The second kappa shape index (κ2) is 9.67. The van der Waals surface area contributed by atoms with Gasteiger partial charge in [0.25, 0.3) is 0 Å². The van der Waals surface area contributed by atoms with Crippen LogP contribution in [0.3, 0.4) is 0 Å². The van der Waals surface area contributed by atoms with Crippen LogP contribution in [-0.4, -0.2) is 65.9 Å². The number of amides is 1. The lowest BCUT2D eigenvalue weighted by atomic mass is 10.3. The Bertz CT molecular complexity index is 1150. The van der Waals surface area contributed by atoms with E-state index in [4.69, 9.17) is 4.42 Å². The van der Waals surface area contributed by atoms with Gasteiger partial charge in [-0.1, -0.05) is 12.1 Å². The summed E-state index contributed by atoms with van der Waals surface area (Å²) in [4.78, 5) is 28.6. The highest BCUT2D eigenvalue weighted by molar-refractivity contribution is 5.92. The molecule has 1 aliphatic rings. The smallest absolute Gasteiger partial charge is 0.408 e. The molecule has 1 saturated heterocycles. The number of carbonyl (C=O) groups excluding carboxylic acids is 1. The van der Waals surface area contributed by atoms with E-state index in [1.807, 2.05) is 23.1 Å². The van der Waals surface area contributed by atoms with Crippen molar-refractivity contribution in [2.24, 2.45) is 0 Å². The molecule has 1 N–H and O–H groups in total. The van der Waals surface area contributed by atoms with Gasteiger partial charge in [-0.3, -0.25) is 19.2 Å². The number of halogens is 3. The number of ether oxygens (including phenoxy) is 1. The quantitative estimate of drug-likeness (QED) is 0.579. The van der Waals surface area contributed by atoms with E-state index < -0.39 is 6.36 Å². The third-order valence-electron chi connectivity index (χ3n) is 5.42. The highest BCUT2D eigenvalue weighted by Crippen LogP contribution is 2.24. The van der Waals surface area contributed by atoms with Crippen molar-refractivity contribution < 1.29 is 27.1 Å². The van der Waals surface area contributed by atoms with E-state index in [1.54, 1.807) is 10.6 Å². The lowest BCUT2D eigenvalue weighted by Gasteiger charge is -2.34. The average Bonchev–Trinajstić information content (AvgIpc) is 3.08. The highest BCUT2D eigenvalue weighted by atomic mass is 19.4. The molecule has 33 heavy (non-hydrogen) atoms. The third kappa shape index (κ3) is 6.14. The summed E-state index contributed by atoms with van der Waals surface area (Å²) in [6, 6.07) is 12.3. The Balaban J connectivity index is 1.21. The zero-order valence-corrected chi connectivity index (χ0v) is 17.7. The van der Waals surface area contributed by atoms with Crippen LogP contribution in [0.5, 0.6) is 5.75 Å². The van der Waals surface area contributed by atoms with Crippen molar-refractivity contribution in [1.82, 2.24) is 14.4 Å². The van der Waals surface area contributed by atoms with Crippen molar-refractivity contribution in [3.63, 3.8) is 0 Å². The van der Waals surface area contributed by atoms with Crippen LogP contribution in [0.25, 0.3) is 11.1 Å². The molecular weight excluding hydrogens is 441 g/mol. The van der Waals surface area contributed by atoms with Crippen molar-refractivity contribution in [1.29, 1.82) is 0 Å². The van der Waals surface area contributed by atoms with E-state index in [2.05, 4.69) is 15.0 Å². The number of nitrogens with one attached hydrogen (secondary N) is 1. The van der Waals surface area contributed by atoms with Crippen molar-refractivity contribution in [2.75, 3.05) is 44.6 Å². The average molecular weight is 464 g/mol. The molecule has 8 nitrogen and oxygen atoms in total. The van der Waals surface area contributed by atoms with Crippen molar-refractivity contribution in [3.05, 3.63) is 59.1 Å². The summed E-state index contributed by atoms with van der Waals surface area (Å²) in [6.07, 6.45) is -4.75. The number of anilines is 1. The fourth-order valence-corrected chi connectivity index (χ4v) is 3.78. The molecule has 0 aliphatic carbocycles. The van der Waals surface area contributed by atoms with Crippen molar-refractivity contribution in [3.8, 4) is 5.75 Å². The molecule has 0 saturated carbocycles. The van der Waals surface area contributed by atoms with Crippen LogP contribution >= 0.6 is 0 Å². The molecule has 1 aliphatic heterocycles. The summed E-state index contributed by atoms with van der Waals surface area (Å²) in [7, 11) is 0. The highest BCUT2D eigenvalue weighted by Gasteiger charge is 2.31. The van der Waals surface area contributed by atoms with Crippen LogP contribution in [0.15, 0.2) is 57.7 Å². The Labute approximate surface area is 187 Å². The van der Waals surface area contributed by atoms with Gasteiger partial charge in [-0.05, 0) is 36.4 Å². The maximum Gasteiger partial charge on any atom is 0.573 e. The second-order valence-electron chi connectivity index (χ2n) is 7.73. The molecule has 1 amide bonds. The molecule has 1 aromatic heterocycles. The number of rotatable bonds is 7. The van der Waals surface area contributed by atoms with E-state index in [1.165, 1.54) is 12.1 Å². The van der Waals surface area contributed by atoms with Crippen LogP contribution in [0.2, 0.25) is 0 Å². The number of hydrogen-bond donors (Lipinski definition) is 1. The van der Waals surface area contributed by atoms with Gasteiger partial charge in [-0.2, -0.15) is 0 Å². The molecule has 3 aromatic rings. The maximum absolute atomic E-state index is 12.3. The summed E-state index contributed by atoms with van der Waals surface area (Å²) in [5, 5.41) is 2.68. The number of alkyl halides is 3. The molecule has 0 atom stereocenters. The monoisotopic (exact) mass is 464 g/mol. The number of fused-ring (bicyclic) bond motifs is 1. The van der Waals surface area contributed by atoms with Crippen LogP contribution in [0.4, 0.5) is 18.9 Å². The molecule has 0 spiro atoms. The number of carbonyl (C=O) groups is 1. The van der Waals surface area contributed by atoms with Gasteiger partial charge in [0.2, 0.25) is 5.91 Å². The molecule has 2 heterocycles. The minimum absolute atomic E-state index is 0.181. The SMILES string of the molecule is O=C(CN1CCN(CCn2c(=O)oc3ccccc32)CC1)Nc1ccc(OC(F)(F)F)cc1. The molecule has 0 radical (unpaired) electrons. The molecule has 1 fully saturated rings. The first-order chi connectivity index (χ1) is 15.8. The van der Waals surface area contributed by atoms with E-state index in [9.17, 15) is 22.8 Å². The molecular formula is C22H23F3N4O4. The second-order valence-corrected chi connectivity index (χ2v) is 7.73. The van der Waals surface area contributed by atoms with Gasteiger partial charge in [0.05, 0.1) is 12.1 Å². The Morgan fingerprint density at radius 1 is 0.970 bits per heavy atom. The summed E-state index contributed by atoms with van der Waals surface area (Å²) >= 11 is 0. The zero-order valence-electron chi connectivity index (χ0n) is 17.7. The molecule has 0 unspecified atom stereocenters. The number of benzene rings is 2. The van der Waals surface area contributed by atoms with Crippen molar-refractivity contribution in [2.45, 2.75) is 12.9 Å². The molecule has 2 aromatic carbocycles. The van der Waals surface area contributed by atoms with Gasteiger partial charge < -0.3 is 14.5 Å². The van der Waals surface area contributed by atoms with E-state index in [0.29, 0.717) is 37.4 Å². The summed E-state index contributed by atoms with van der Waals surface area (Å²) in [5.74, 6) is -0.962. The summed E-state index contributed by atoms with van der Waals surface area (Å²) in [5.41, 5.74) is 1.74. The molecule has 0 bridgehead atoms. The first-order valence-electron chi connectivity index (χ1n) is 10.5. The van der Waals surface area contributed by atoms with Crippen LogP contribution in [0.1, 0.15) is 0 Å². The normalized spacial score (nSPS) is 15.6. The number of piperazine rings is 1. The van der Waals surface area contributed by atoms with Gasteiger partial charge in [-0.15, -0.1) is 13.2 Å². The topological polar surface area (TPSA) is 80.0 Å². The van der Waals surface area contributed by atoms with Gasteiger partial charge in [0, 0.05) is 45.0 Å². The minimum atomic E-state index is -4.75. The number of hydrogen-bond acceptors (Lipinski definition) is 6. The number of nitrogens with zero attached hydrogens (tertiary/aromatic N) is 3. The third-order valence-corrected chi connectivity index (χ3v) is 5.42. The fraction of sp³-hybridized carbons (Fsp3) is 0.364. The Morgan fingerprint density at radius 2 is 1.64 bits per heavy atom. The fourth-order valence-electron chi connectivity index (χ4n) is 3.78. The first-order valence-corrected chi connectivity index (χ1v) is 10.5. The standard InChI is InChI=1S/C22H23F3N4O4/c23-22(24,25)33-17-7-5-16(6-8-17)26-20(30)15-28-11-9-27(10-12-28)13-14-29-18-3-1-2-4-19(18)32-21(29)31/h1-8H,9-15H2,(H,26,30). The predicted molar refractivity (Wildman–Crippen MR) is 115 cm³/mol. The lowest BCUT2D eigenvalue weighted by Crippen LogP contribution is -2.49. The maximum atomic E-state index is 12.3. The first kappa shape index (κ1) is 22.9. The van der Waals surface area contributed by atoms with Gasteiger partial charge in [0.1, 0.15) is 5.75 Å². The molecule has 4 rings (SSSR count). The van der Waals surface area contributed by atoms with Gasteiger partial charge in [0.15, 0.2) is 5.58 Å². The van der Waals surface area contributed by atoms with Gasteiger partial charge in [-0.25, -0.2) is 4.79 Å². The van der Waals surface area contributed by atoms with Crippen LogP contribution in [0, 0.1) is 0 Å². The Hall–Kier alpha value is -3.31. The molecule has 176 valence electrons. The van der Waals surface area contributed by atoms with E-state index in [0.717, 1.165) is 30.7 Å². The van der Waals surface area contributed by atoms with Crippen LogP contribution < -0.4 is 15.8 Å². The Morgan fingerprint density at radius 3 is 2.33 bits per heavy atom. The van der Waals surface area contributed by atoms with Crippen molar-refractivity contribution >= 4 is 22.7 Å². The number of aromatic nitrogens is 1. The number of para-hydroxylation sites is 2. The summed E-state index contributed by atoms with van der Waals surface area (Å²) in [6.45, 7) is 4.27. The predicted octanol–water partition coefficient (Wildman–Crippen LogP) is 2.75. The zero-order chi connectivity index (χ0) is 23.4. The van der Waals surface area contributed by atoms with E-state index in [-0.39, 0.29) is 24.0 Å². The van der Waals surface area contributed by atoms with Crippen LogP contribution in [-0.2, 0) is 11.3 Å². The molecule has 11 heteroatoms. The lowest BCUT2D eigenvalue weighted by molar-refractivity contribution is -0.274. The van der Waals surface area contributed by atoms with Gasteiger partial charge >= 0.3 is 12.1 Å². The number of oxazole rings is 1. The Kier molecular flexibility index (Phi) is 6.70.